The summed E-state index contributed by atoms with van der Waals surface area (Å²) in [6.07, 6.45) is 1.60. The van der Waals surface area contributed by atoms with Gasteiger partial charge in [0.25, 0.3) is 5.91 Å². The summed E-state index contributed by atoms with van der Waals surface area (Å²) < 4.78 is 0. The van der Waals surface area contributed by atoms with Crippen LogP contribution in [0.1, 0.15) is 15.9 Å². The van der Waals surface area contributed by atoms with E-state index in [1.807, 2.05) is 31.2 Å². The summed E-state index contributed by atoms with van der Waals surface area (Å²) in [5.41, 5.74) is 2.68. The highest BCUT2D eigenvalue weighted by Gasteiger charge is 2.04. The van der Waals surface area contributed by atoms with Crippen LogP contribution in [0.25, 0.3) is 10.9 Å². The van der Waals surface area contributed by atoms with E-state index in [0.29, 0.717) is 5.56 Å². The molecule has 1 aromatic carbocycles. The molecule has 0 fully saturated rings. The lowest BCUT2D eigenvalue weighted by Crippen LogP contribution is -2.17. The number of nitrogens with zero attached hydrogens (tertiary/aromatic N) is 1. The number of rotatable bonds is 1. The van der Waals surface area contributed by atoms with Gasteiger partial charge >= 0.3 is 0 Å². The van der Waals surface area contributed by atoms with Crippen LogP contribution in [0.4, 0.5) is 0 Å². The van der Waals surface area contributed by atoms with Crippen molar-refractivity contribution in [1.82, 2.24) is 10.3 Å². The molecule has 0 aliphatic rings. The Balaban J connectivity index is 2.57. The Bertz CT molecular complexity index is 520. The lowest BCUT2D eigenvalue weighted by molar-refractivity contribution is 0.0963. The average molecular weight is 200 g/mol. The molecule has 0 radical (unpaired) electrons. The van der Waals surface area contributed by atoms with Gasteiger partial charge in [-0.15, -0.1) is 0 Å². The van der Waals surface area contributed by atoms with Crippen LogP contribution in [-0.2, 0) is 0 Å². The number of aromatic nitrogens is 1. The van der Waals surface area contributed by atoms with Crippen LogP contribution in [0.15, 0.2) is 30.5 Å². The molecule has 3 heteroatoms. The average Bonchev–Trinajstić information content (AvgIpc) is 2.27. The Labute approximate surface area is 88.1 Å². The second kappa shape index (κ2) is 3.69. The summed E-state index contributed by atoms with van der Waals surface area (Å²) in [6.45, 7) is 2.02. The maximum Gasteiger partial charge on any atom is 0.252 e. The fraction of sp³-hybridized carbons (Fsp3) is 0.167. The fourth-order valence-electron chi connectivity index (χ4n) is 1.50. The smallest absolute Gasteiger partial charge is 0.252 e. The minimum atomic E-state index is -0.107. The lowest BCUT2D eigenvalue weighted by atomic mass is 10.1. The third kappa shape index (κ3) is 1.81. The van der Waals surface area contributed by atoms with E-state index in [2.05, 4.69) is 10.3 Å². The molecule has 0 unspecified atom stereocenters. The Morgan fingerprint density at radius 2 is 2.13 bits per heavy atom. The van der Waals surface area contributed by atoms with Gasteiger partial charge in [-0.25, -0.2) is 0 Å². The van der Waals surface area contributed by atoms with Gasteiger partial charge < -0.3 is 5.32 Å². The maximum atomic E-state index is 11.4. The number of nitrogens with one attached hydrogen (secondary N) is 1. The number of benzene rings is 1. The first-order valence-corrected chi connectivity index (χ1v) is 4.79. The number of carbonyl (C=O) groups excluding carboxylic acids is 1. The first-order valence-electron chi connectivity index (χ1n) is 4.79. The molecular weight excluding hydrogens is 188 g/mol. The molecule has 0 bridgehead atoms. The molecule has 0 saturated heterocycles. The Morgan fingerprint density at radius 1 is 1.33 bits per heavy atom. The first kappa shape index (κ1) is 9.65. The molecule has 0 spiro atoms. The van der Waals surface area contributed by atoms with E-state index in [4.69, 9.17) is 0 Å². The predicted octanol–water partition coefficient (Wildman–Crippen LogP) is 1.90. The Hall–Kier alpha value is -1.90. The van der Waals surface area contributed by atoms with Gasteiger partial charge in [0.15, 0.2) is 0 Å². The van der Waals surface area contributed by atoms with Gasteiger partial charge in [0.2, 0.25) is 0 Å². The van der Waals surface area contributed by atoms with Gasteiger partial charge in [0, 0.05) is 18.6 Å². The van der Waals surface area contributed by atoms with Crippen molar-refractivity contribution in [2.24, 2.45) is 0 Å². The van der Waals surface area contributed by atoms with Gasteiger partial charge in [-0.2, -0.15) is 0 Å². The van der Waals surface area contributed by atoms with Crippen molar-refractivity contribution in [3.05, 3.63) is 41.6 Å². The highest BCUT2D eigenvalue weighted by atomic mass is 16.1. The molecule has 1 aromatic heterocycles. The van der Waals surface area contributed by atoms with Crippen molar-refractivity contribution in [1.29, 1.82) is 0 Å². The molecule has 0 atom stereocenters. The van der Waals surface area contributed by atoms with E-state index in [1.165, 1.54) is 5.56 Å². The second-order valence-electron chi connectivity index (χ2n) is 3.50. The summed E-state index contributed by atoms with van der Waals surface area (Å²) in [4.78, 5) is 15.6. The van der Waals surface area contributed by atoms with E-state index >= 15 is 0 Å². The van der Waals surface area contributed by atoms with Crippen molar-refractivity contribution in [3.8, 4) is 0 Å². The monoisotopic (exact) mass is 200 g/mol. The Morgan fingerprint density at radius 3 is 2.87 bits per heavy atom. The quantitative estimate of drug-likeness (QED) is 0.764. The molecule has 1 heterocycles. The molecule has 1 amide bonds. The minimum absolute atomic E-state index is 0.107. The largest absolute Gasteiger partial charge is 0.355 e. The number of pyridine rings is 1. The second-order valence-corrected chi connectivity index (χ2v) is 3.50. The topological polar surface area (TPSA) is 42.0 Å². The normalized spacial score (nSPS) is 10.3. The summed E-state index contributed by atoms with van der Waals surface area (Å²) >= 11 is 0. The van der Waals surface area contributed by atoms with Gasteiger partial charge in [0.1, 0.15) is 0 Å². The van der Waals surface area contributed by atoms with Crippen LogP contribution < -0.4 is 5.32 Å². The summed E-state index contributed by atoms with van der Waals surface area (Å²) in [7, 11) is 1.61. The third-order valence-corrected chi connectivity index (χ3v) is 2.33. The molecule has 1 N–H and O–H groups in total. The van der Waals surface area contributed by atoms with Crippen LogP contribution in [0, 0.1) is 6.92 Å². The van der Waals surface area contributed by atoms with Crippen LogP contribution >= 0.6 is 0 Å². The van der Waals surface area contributed by atoms with E-state index in [-0.39, 0.29) is 5.91 Å². The SMILES string of the molecule is CNC(=O)c1cnc2cc(C)ccc2c1. The van der Waals surface area contributed by atoms with Gasteiger partial charge in [0.05, 0.1) is 11.1 Å². The lowest BCUT2D eigenvalue weighted by Gasteiger charge is -2.02. The number of hydrogen-bond donors (Lipinski definition) is 1. The van der Waals surface area contributed by atoms with Gasteiger partial charge in [-0.1, -0.05) is 12.1 Å². The van der Waals surface area contributed by atoms with Crippen LogP contribution in [0.3, 0.4) is 0 Å². The minimum Gasteiger partial charge on any atom is -0.355 e. The molecule has 0 aliphatic heterocycles. The van der Waals surface area contributed by atoms with E-state index in [1.54, 1.807) is 13.2 Å². The van der Waals surface area contributed by atoms with Crippen molar-refractivity contribution in [2.75, 3.05) is 7.05 Å². The maximum absolute atomic E-state index is 11.4. The highest BCUT2D eigenvalue weighted by Crippen LogP contribution is 2.14. The van der Waals surface area contributed by atoms with E-state index in [0.717, 1.165) is 10.9 Å². The van der Waals surface area contributed by atoms with Crippen LogP contribution in [0.5, 0.6) is 0 Å². The number of carbonyl (C=O) groups is 1. The van der Waals surface area contributed by atoms with Crippen molar-refractivity contribution in [2.45, 2.75) is 6.92 Å². The molecule has 0 saturated carbocycles. The zero-order valence-corrected chi connectivity index (χ0v) is 8.74. The van der Waals surface area contributed by atoms with E-state index < -0.39 is 0 Å². The van der Waals surface area contributed by atoms with Crippen LogP contribution in [-0.4, -0.2) is 17.9 Å². The summed E-state index contributed by atoms with van der Waals surface area (Å²) in [5, 5.41) is 3.57. The van der Waals surface area contributed by atoms with Crippen LogP contribution in [0.2, 0.25) is 0 Å². The first-order chi connectivity index (χ1) is 7.20. The zero-order chi connectivity index (χ0) is 10.8. The molecule has 3 nitrogen and oxygen atoms in total. The van der Waals surface area contributed by atoms with Crippen molar-refractivity contribution >= 4 is 16.8 Å². The fourth-order valence-corrected chi connectivity index (χ4v) is 1.50. The van der Waals surface area contributed by atoms with Gasteiger partial charge in [-0.3, -0.25) is 9.78 Å². The molecule has 0 aliphatic carbocycles. The molecule has 76 valence electrons. The highest BCUT2D eigenvalue weighted by molar-refractivity contribution is 5.97. The number of amides is 1. The summed E-state index contributed by atoms with van der Waals surface area (Å²) in [6, 6.07) is 7.84. The molecule has 15 heavy (non-hydrogen) atoms. The molecule has 2 rings (SSSR count). The third-order valence-electron chi connectivity index (χ3n) is 2.33. The number of fused-ring (bicyclic) bond motifs is 1. The van der Waals surface area contributed by atoms with Gasteiger partial charge in [-0.05, 0) is 24.6 Å². The van der Waals surface area contributed by atoms with Crippen molar-refractivity contribution in [3.63, 3.8) is 0 Å². The Kier molecular flexibility index (Phi) is 2.37. The van der Waals surface area contributed by atoms with Crippen molar-refractivity contribution < 1.29 is 4.79 Å². The standard InChI is InChI=1S/C12H12N2O/c1-8-3-4-9-6-10(12(15)13-2)7-14-11(9)5-8/h3-7H,1-2H3,(H,13,15). The van der Waals surface area contributed by atoms with E-state index in [9.17, 15) is 4.79 Å². The molecule has 2 aromatic rings. The predicted molar refractivity (Wildman–Crippen MR) is 59.9 cm³/mol. The number of hydrogen-bond acceptors (Lipinski definition) is 2. The molecular formula is C12H12N2O. The summed E-state index contributed by atoms with van der Waals surface area (Å²) in [5.74, 6) is -0.107. The zero-order valence-electron chi connectivity index (χ0n) is 8.74. The number of aryl methyl sites for hydroxylation is 1.